The van der Waals surface area contributed by atoms with E-state index in [9.17, 15) is 9.59 Å². The SMILES string of the molecule is O=C1CCCc2c1ccc(=O)n2Cc1ccc(Cl)nn1. The Morgan fingerprint density at radius 3 is 2.70 bits per heavy atom. The van der Waals surface area contributed by atoms with Gasteiger partial charge in [0.2, 0.25) is 0 Å². The van der Waals surface area contributed by atoms with Crippen molar-refractivity contribution in [3.8, 4) is 0 Å². The molecule has 0 radical (unpaired) electrons. The minimum Gasteiger partial charge on any atom is -0.306 e. The Labute approximate surface area is 120 Å². The van der Waals surface area contributed by atoms with E-state index in [1.807, 2.05) is 0 Å². The largest absolute Gasteiger partial charge is 0.306 e. The molecule has 0 aliphatic heterocycles. The number of hydrogen-bond donors (Lipinski definition) is 0. The first-order valence-electron chi connectivity index (χ1n) is 6.39. The third-order valence-corrected chi connectivity index (χ3v) is 3.62. The minimum absolute atomic E-state index is 0.0993. The predicted octanol–water partition coefficient (Wildman–Crippen LogP) is 1.86. The second kappa shape index (κ2) is 5.17. The van der Waals surface area contributed by atoms with Crippen molar-refractivity contribution in [1.82, 2.24) is 14.8 Å². The second-order valence-corrected chi connectivity index (χ2v) is 5.13. The number of nitrogens with zero attached hydrogens (tertiary/aromatic N) is 3. The maximum atomic E-state index is 12.0. The van der Waals surface area contributed by atoms with Crippen LogP contribution in [-0.4, -0.2) is 20.5 Å². The first-order valence-corrected chi connectivity index (χ1v) is 6.77. The molecule has 0 bridgehead atoms. The molecule has 6 heteroatoms. The average Bonchev–Trinajstić information content (AvgIpc) is 2.44. The topological polar surface area (TPSA) is 64.8 Å². The number of fused-ring (bicyclic) bond motifs is 1. The third-order valence-electron chi connectivity index (χ3n) is 3.42. The maximum absolute atomic E-state index is 12.0. The van der Waals surface area contributed by atoms with Crippen LogP contribution in [0.2, 0.25) is 5.15 Å². The minimum atomic E-state index is -0.129. The van der Waals surface area contributed by atoms with E-state index in [2.05, 4.69) is 10.2 Å². The molecular weight excluding hydrogens is 278 g/mol. The summed E-state index contributed by atoms with van der Waals surface area (Å²) in [5.74, 6) is 0.0993. The zero-order valence-electron chi connectivity index (χ0n) is 10.7. The van der Waals surface area contributed by atoms with Crippen molar-refractivity contribution in [2.75, 3.05) is 0 Å². The Kier molecular flexibility index (Phi) is 3.36. The van der Waals surface area contributed by atoms with Crippen LogP contribution in [0.1, 0.15) is 34.6 Å². The molecule has 0 saturated carbocycles. The van der Waals surface area contributed by atoms with E-state index >= 15 is 0 Å². The molecule has 1 aliphatic carbocycles. The van der Waals surface area contributed by atoms with Gasteiger partial charge in [0.25, 0.3) is 5.56 Å². The van der Waals surface area contributed by atoms with Gasteiger partial charge in [0.1, 0.15) is 0 Å². The van der Waals surface area contributed by atoms with Crippen LogP contribution in [0.25, 0.3) is 0 Å². The lowest BCUT2D eigenvalue weighted by molar-refractivity contribution is 0.0970. The van der Waals surface area contributed by atoms with Gasteiger partial charge in [-0.15, -0.1) is 5.10 Å². The monoisotopic (exact) mass is 289 g/mol. The summed E-state index contributed by atoms with van der Waals surface area (Å²) in [5, 5.41) is 8.03. The number of hydrogen-bond acceptors (Lipinski definition) is 4. The first kappa shape index (κ1) is 13.0. The Bertz CT molecular complexity index is 722. The molecule has 0 amide bonds. The van der Waals surface area contributed by atoms with Gasteiger partial charge >= 0.3 is 0 Å². The van der Waals surface area contributed by atoms with E-state index in [0.29, 0.717) is 29.4 Å². The van der Waals surface area contributed by atoms with Crippen molar-refractivity contribution >= 4 is 17.4 Å². The highest BCUT2D eigenvalue weighted by molar-refractivity contribution is 6.29. The van der Waals surface area contributed by atoms with Gasteiger partial charge in [-0.05, 0) is 31.0 Å². The van der Waals surface area contributed by atoms with Crippen LogP contribution in [0, 0.1) is 0 Å². The maximum Gasteiger partial charge on any atom is 0.251 e. The summed E-state index contributed by atoms with van der Waals surface area (Å²) >= 11 is 5.69. The third kappa shape index (κ3) is 2.36. The van der Waals surface area contributed by atoms with Crippen LogP contribution in [-0.2, 0) is 13.0 Å². The van der Waals surface area contributed by atoms with Gasteiger partial charge in [-0.1, -0.05) is 11.6 Å². The molecule has 102 valence electrons. The van der Waals surface area contributed by atoms with Gasteiger partial charge in [-0.25, -0.2) is 0 Å². The van der Waals surface area contributed by atoms with Gasteiger partial charge in [0.05, 0.1) is 12.2 Å². The van der Waals surface area contributed by atoms with Crippen molar-refractivity contribution in [2.45, 2.75) is 25.8 Å². The molecule has 2 aromatic heterocycles. The average molecular weight is 290 g/mol. The summed E-state index contributed by atoms with van der Waals surface area (Å²) in [6.45, 7) is 0.305. The number of halogens is 1. The molecule has 0 spiro atoms. The fraction of sp³-hybridized carbons (Fsp3) is 0.286. The van der Waals surface area contributed by atoms with Crippen molar-refractivity contribution in [2.24, 2.45) is 0 Å². The number of pyridine rings is 1. The summed E-state index contributed by atoms with van der Waals surface area (Å²) in [6, 6.07) is 6.43. The molecule has 3 rings (SSSR count). The van der Waals surface area contributed by atoms with Crippen LogP contribution < -0.4 is 5.56 Å². The Morgan fingerprint density at radius 1 is 1.10 bits per heavy atom. The van der Waals surface area contributed by atoms with E-state index in [0.717, 1.165) is 18.5 Å². The number of aromatic nitrogens is 3. The fourth-order valence-electron chi connectivity index (χ4n) is 2.46. The van der Waals surface area contributed by atoms with Crippen LogP contribution >= 0.6 is 11.6 Å². The summed E-state index contributed by atoms with van der Waals surface area (Å²) in [6.07, 6.45) is 2.06. The van der Waals surface area contributed by atoms with Gasteiger partial charge < -0.3 is 4.57 Å². The Morgan fingerprint density at radius 2 is 1.95 bits per heavy atom. The molecule has 5 nitrogen and oxygen atoms in total. The Balaban J connectivity index is 2.05. The van der Waals surface area contributed by atoms with E-state index < -0.39 is 0 Å². The van der Waals surface area contributed by atoms with Gasteiger partial charge in [-0.3, -0.25) is 9.59 Å². The van der Waals surface area contributed by atoms with Gasteiger partial charge in [-0.2, -0.15) is 5.10 Å². The van der Waals surface area contributed by atoms with Crippen LogP contribution in [0.5, 0.6) is 0 Å². The lowest BCUT2D eigenvalue weighted by Crippen LogP contribution is -2.28. The number of carbonyl (C=O) groups is 1. The quantitative estimate of drug-likeness (QED) is 0.846. The lowest BCUT2D eigenvalue weighted by Gasteiger charge is -2.19. The summed E-state index contributed by atoms with van der Waals surface area (Å²) < 4.78 is 1.60. The Hall–Kier alpha value is -2.01. The molecule has 0 atom stereocenters. The zero-order valence-corrected chi connectivity index (χ0v) is 11.4. The molecule has 0 fully saturated rings. The highest BCUT2D eigenvalue weighted by atomic mass is 35.5. The predicted molar refractivity (Wildman–Crippen MR) is 74.1 cm³/mol. The summed E-state index contributed by atoms with van der Waals surface area (Å²) in [5.41, 5.74) is 1.96. The van der Waals surface area contributed by atoms with Crippen molar-refractivity contribution < 1.29 is 4.79 Å². The number of rotatable bonds is 2. The normalized spacial score (nSPS) is 14.2. The number of ketones is 1. The second-order valence-electron chi connectivity index (χ2n) is 4.74. The van der Waals surface area contributed by atoms with Crippen molar-refractivity contribution in [3.05, 3.63) is 56.7 Å². The molecule has 0 N–H and O–H groups in total. The van der Waals surface area contributed by atoms with Gasteiger partial charge in [0.15, 0.2) is 10.9 Å². The van der Waals surface area contributed by atoms with Crippen LogP contribution in [0.3, 0.4) is 0 Å². The standard InChI is InChI=1S/C14H12ClN3O2/c15-13-6-4-9(16-17-13)8-18-11-2-1-3-12(19)10(11)5-7-14(18)20/h4-7H,1-3,8H2. The van der Waals surface area contributed by atoms with Crippen LogP contribution in [0.4, 0.5) is 0 Å². The fourth-order valence-corrected chi connectivity index (χ4v) is 2.56. The molecule has 0 aromatic carbocycles. The molecule has 2 heterocycles. The van der Waals surface area contributed by atoms with E-state index in [1.54, 1.807) is 22.8 Å². The smallest absolute Gasteiger partial charge is 0.251 e. The highest BCUT2D eigenvalue weighted by Crippen LogP contribution is 2.20. The molecule has 0 saturated heterocycles. The highest BCUT2D eigenvalue weighted by Gasteiger charge is 2.20. The zero-order chi connectivity index (χ0) is 14.1. The van der Waals surface area contributed by atoms with Crippen molar-refractivity contribution in [1.29, 1.82) is 0 Å². The van der Waals surface area contributed by atoms with E-state index in [4.69, 9.17) is 11.6 Å². The number of carbonyl (C=O) groups excluding carboxylic acids is 1. The molecule has 20 heavy (non-hydrogen) atoms. The molecule has 1 aliphatic rings. The van der Waals surface area contributed by atoms with E-state index in [1.165, 1.54) is 6.07 Å². The molecule has 2 aromatic rings. The van der Waals surface area contributed by atoms with Crippen LogP contribution in [0.15, 0.2) is 29.1 Å². The lowest BCUT2D eigenvalue weighted by atomic mass is 9.94. The first-order chi connectivity index (χ1) is 9.65. The number of Topliss-reactive ketones (excluding diaryl/α,β-unsaturated/α-hetero) is 1. The molecular formula is C14H12ClN3O2. The summed E-state index contributed by atoms with van der Waals surface area (Å²) in [7, 11) is 0. The van der Waals surface area contributed by atoms with Gasteiger partial charge in [0, 0.05) is 23.7 Å². The van der Waals surface area contributed by atoms with Crippen molar-refractivity contribution in [3.63, 3.8) is 0 Å². The summed E-state index contributed by atoms with van der Waals surface area (Å²) in [4.78, 5) is 23.9. The molecule has 0 unspecified atom stereocenters. The van der Waals surface area contributed by atoms with E-state index in [-0.39, 0.29) is 11.3 Å².